The van der Waals surface area contributed by atoms with Gasteiger partial charge >= 0.3 is 0 Å². The van der Waals surface area contributed by atoms with Crippen LogP contribution in [0.3, 0.4) is 0 Å². The number of amides is 1. The summed E-state index contributed by atoms with van der Waals surface area (Å²) in [4.78, 5) is 16.4. The fraction of sp³-hybridized carbons (Fsp3) is 0.667. The van der Waals surface area contributed by atoms with Gasteiger partial charge in [-0.2, -0.15) is 5.10 Å². The summed E-state index contributed by atoms with van der Waals surface area (Å²) >= 11 is 1.32. The molecule has 0 saturated heterocycles. The van der Waals surface area contributed by atoms with Crippen molar-refractivity contribution in [2.75, 3.05) is 0 Å². The van der Waals surface area contributed by atoms with Gasteiger partial charge < -0.3 is 9.73 Å². The molecular weight excluding hydrogens is 328 g/mol. The van der Waals surface area contributed by atoms with Crippen molar-refractivity contribution in [3.8, 4) is 0 Å². The molecule has 0 unspecified atom stereocenters. The number of thioether (sulfide) groups is 1. The van der Waals surface area contributed by atoms with Crippen LogP contribution in [0.1, 0.15) is 45.4 Å². The molecule has 1 saturated carbocycles. The van der Waals surface area contributed by atoms with E-state index in [1.807, 2.05) is 13.8 Å². The Hall–Kier alpha value is -1.90. The fourth-order valence-corrected chi connectivity index (χ4v) is 3.65. The lowest BCUT2D eigenvalue weighted by atomic mass is 10.1. The van der Waals surface area contributed by atoms with E-state index in [0.29, 0.717) is 23.7 Å². The van der Waals surface area contributed by atoms with Gasteiger partial charge in [-0.3, -0.25) is 4.79 Å². The van der Waals surface area contributed by atoms with Crippen LogP contribution in [0.4, 0.5) is 0 Å². The van der Waals surface area contributed by atoms with Crippen LogP contribution >= 0.6 is 11.8 Å². The lowest BCUT2D eigenvalue weighted by Crippen LogP contribution is -2.40. The summed E-state index contributed by atoms with van der Waals surface area (Å²) in [7, 11) is 0. The Morgan fingerprint density at radius 3 is 2.88 bits per heavy atom. The second-order valence-electron chi connectivity index (χ2n) is 6.33. The van der Waals surface area contributed by atoms with Crippen molar-refractivity contribution in [1.82, 2.24) is 30.3 Å². The maximum atomic E-state index is 12.6. The molecule has 0 aliphatic heterocycles. The summed E-state index contributed by atoms with van der Waals surface area (Å²) in [5.41, 5.74) is 0. The number of nitrogens with zero attached hydrogens (tertiary/aromatic N) is 5. The quantitative estimate of drug-likeness (QED) is 0.761. The Morgan fingerprint density at radius 1 is 1.42 bits per heavy atom. The minimum atomic E-state index is -0.245. The first-order valence-corrected chi connectivity index (χ1v) is 9.11. The Morgan fingerprint density at radius 2 is 2.21 bits per heavy atom. The van der Waals surface area contributed by atoms with E-state index in [1.54, 1.807) is 11.0 Å². The van der Waals surface area contributed by atoms with Gasteiger partial charge in [0.25, 0.3) is 5.22 Å². The summed E-state index contributed by atoms with van der Waals surface area (Å²) in [6.45, 7) is 4.42. The van der Waals surface area contributed by atoms with Crippen molar-refractivity contribution in [3.63, 3.8) is 0 Å². The molecule has 0 bridgehead atoms. The van der Waals surface area contributed by atoms with Gasteiger partial charge in [0, 0.05) is 6.04 Å². The Bertz CT molecular complexity index is 651. The minimum Gasteiger partial charge on any atom is -0.414 e. The second kappa shape index (κ2) is 7.78. The van der Waals surface area contributed by atoms with Crippen molar-refractivity contribution >= 4 is 17.7 Å². The maximum Gasteiger partial charge on any atom is 0.277 e. The van der Waals surface area contributed by atoms with Gasteiger partial charge in [0.05, 0.1) is 5.25 Å². The molecular formula is C15H22N6O2S. The third-order valence-electron chi connectivity index (χ3n) is 4.01. The van der Waals surface area contributed by atoms with Gasteiger partial charge in [-0.15, -0.1) is 10.2 Å². The predicted molar refractivity (Wildman–Crippen MR) is 88.3 cm³/mol. The van der Waals surface area contributed by atoms with E-state index in [2.05, 4.69) is 25.6 Å². The van der Waals surface area contributed by atoms with Crippen LogP contribution in [0.2, 0.25) is 0 Å². The van der Waals surface area contributed by atoms with Crippen LogP contribution in [0.25, 0.3) is 0 Å². The number of hydrogen-bond donors (Lipinski definition) is 1. The molecule has 8 nitrogen and oxygen atoms in total. The van der Waals surface area contributed by atoms with Crippen LogP contribution in [0, 0.1) is 5.92 Å². The van der Waals surface area contributed by atoms with Crippen LogP contribution in [-0.2, 0) is 11.3 Å². The van der Waals surface area contributed by atoms with E-state index in [9.17, 15) is 4.79 Å². The number of hydrogen-bond acceptors (Lipinski definition) is 7. The zero-order valence-corrected chi connectivity index (χ0v) is 14.7. The highest BCUT2D eigenvalue weighted by Gasteiger charge is 2.28. The van der Waals surface area contributed by atoms with E-state index in [4.69, 9.17) is 4.42 Å². The minimum absolute atomic E-state index is 0.0536. The number of carbonyl (C=O) groups is 1. The van der Waals surface area contributed by atoms with Gasteiger partial charge in [-0.1, -0.05) is 38.5 Å². The van der Waals surface area contributed by atoms with Crippen LogP contribution < -0.4 is 5.32 Å². The van der Waals surface area contributed by atoms with Crippen molar-refractivity contribution in [3.05, 3.63) is 18.5 Å². The summed E-state index contributed by atoms with van der Waals surface area (Å²) in [6, 6.07) is 0.310. The first kappa shape index (κ1) is 16.9. The first-order chi connectivity index (χ1) is 11.6. The summed E-state index contributed by atoms with van der Waals surface area (Å²) in [5, 5.41) is 15.4. The van der Waals surface area contributed by atoms with E-state index >= 15 is 0 Å². The zero-order chi connectivity index (χ0) is 16.9. The van der Waals surface area contributed by atoms with Gasteiger partial charge in [-0.05, 0) is 18.8 Å². The molecule has 3 rings (SSSR count). The molecule has 130 valence electrons. The highest BCUT2D eigenvalue weighted by atomic mass is 32.2. The van der Waals surface area contributed by atoms with Gasteiger partial charge in [0.2, 0.25) is 11.8 Å². The van der Waals surface area contributed by atoms with E-state index in [0.717, 1.165) is 12.8 Å². The van der Waals surface area contributed by atoms with E-state index in [-0.39, 0.29) is 17.1 Å². The molecule has 0 spiro atoms. The molecule has 9 heteroatoms. The maximum absolute atomic E-state index is 12.6. The molecule has 1 atom stereocenters. The number of nitrogens with one attached hydrogen (secondary N) is 1. The molecule has 1 fully saturated rings. The first-order valence-electron chi connectivity index (χ1n) is 8.23. The highest BCUT2D eigenvalue weighted by Crippen LogP contribution is 2.28. The molecule has 1 amide bonds. The highest BCUT2D eigenvalue weighted by molar-refractivity contribution is 8.00. The molecule has 0 radical (unpaired) electrons. The summed E-state index contributed by atoms with van der Waals surface area (Å²) in [5.74, 6) is 0.668. The van der Waals surface area contributed by atoms with Crippen molar-refractivity contribution in [2.24, 2.45) is 5.92 Å². The van der Waals surface area contributed by atoms with Crippen molar-refractivity contribution < 1.29 is 9.21 Å². The molecule has 1 aliphatic rings. The smallest absolute Gasteiger partial charge is 0.277 e. The van der Waals surface area contributed by atoms with Gasteiger partial charge in [-0.25, -0.2) is 9.67 Å². The molecule has 1 N–H and O–H groups in total. The van der Waals surface area contributed by atoms with Crippen LogP contribution in [0.5, 0.6) is 0 Å². The lowest BCUT2D eigenvalue weighted by molar-refractivity contribution is -0.121. The Labute approximate surface area is 144 Å². The van der Waals surface area contributed by atoms with Crippen LogP contribution in [-0.4, -0.2) is 42.2 Å². The second-order valence-corrected chi connectivity index (χ2v) is 7.42. The zero-order valence-electron chi connectivity index (χ0n) is 13.9. The monoisotopic (exact) mass is 350 g/mol. The van der Waals surface area contributed by atoms with Gasteiger partial charge in [0.15, 0.2) is 0 Å². The molecule has 1 aliphatic carbocycles. The average molecular weight is 350 g/mol. The summed E-state index contributed by atoms with van der Waals surface area (Å²) < 4.78 is 7.24. The topological polar surface area (TPSA) is 98.7 Å². The van der Waals surface area contributed by atoms with Crippen molar-refractivity contribution in [2.45, 2.75) is 62.6 Å². The molecule has 2 aromatic rings. The Kier molecular flexibility index (Phi) is 5.49. The average Bonchev–Trinajstić information content (AvgIpc) is 3.27. The standard InChI is InChI=1S/C15H22N6O2S/c1-10(2)13(14(22)18-11-5-3-4-6-11)24-15-20-19-12(23-15)7-21-9-16-8-17-21/h8-11,13H,3-7H2,1-2H3,(H,18,22)/t13-/m0/s1. The third kappa shape index (κ3) is 4.34. The summed E-state index contributed by atoms with van der Waals surface area (Å²) in [6.07, 6.45) is 7.57. The van der Waals surface area contributed by atoms with Gasteiger partial charge in [0.1, 0.15) is 19.2 Å². The van der Waals surface area contributed by atoms with Crippen LogP contribution in [0.15, 0.2) is 22.3 Å². The number of carbonyl (C=O) groups excluding carboxylic acids is 1. The molecule has 24 heavy (non-hydrogen) atoms. The third-order valence-corrected chi connectivity index (χ3v) is 5.38. The molecule has 2 heterocycles. The normalized spacial score (nSPS) is 16.6. The Balaban J connectivity index is 1.60. The van der Waals surface area contributed by atoms with Crippen molar-refractivity contribution in [1.29, 1.82) is 0 Å². The SMILES string of the molecule is CC(C)[C@H](Sc1nnc(Cn2cncn2)o1)C(=O)NC1CCCC1. The molecule has 0 aromatic carbocycles. The number of rotatable bonds is 7. The van der Waals surface area contributed by atoms with E-state index in [1.165, 1.54) is 30.9 Å². The predicted octanol–water partition coefficient (Wildman–Crippen LogP) is 1.88. The fourth-order valence-electron chi connectivity index (χ4n) is 2.76. The lowest BCUT2D eigenvalue weighted by Gasteiger charge is -2.20. The number of aromatic nitrogens is 5. The largest absolute Gasteiger partial charge is 0.414 e. The van der Waals surface area contributed by atoms with E-state index < -0.39 is 0 Å². The molecule has 2 aromatic heterocycles.